The maximum Gasteiger partial charge on any atom is 0.0682 e. The van der Waals surface area contributed by atoms with Crippen molar-refractivity contribution in [1.82, 2.24) is 5.32 Å². The molecule has 0 aliphatic rings. The quantitative estimate of drug-likeness (QED) is 0.667. The van der Waals surface area contributed by atoms with Crippen molar-refractivity contribution >= 4 is 8.07 Å². The first-order chi connectivity index (χ1) is 9.96. The first-order valence-corrected chi connectivity index (χ1v) is 11.6. The molecule has 0 spiro atoms. The van der Waals surface area contributed by atoms with Crippen molar-refractivity contribution in [3.05, 3.63) is 47.7 Å². The number of aliphatic hydroxyl groups excluding tert-OH is 1. The average Bonchev–Trinajstić information content (AvgIpc) is 2.44. The minimum Gasteiger partial charge on any atom is -0.394 e. The summed E-state index contributed by atoms with van der Waals surface area (Å²) >= 11 is 0. The molecule has 0 heterocycles. The van der Waals surface area contributed by atoms with Gasteiger partial charge in [-0.25, -0.2) is 0 Å². The predicted octanol–water partition coefficient (Wildman–Crippen LogP) is 4.30. The summed E-state index contributed by atoms with van der Waals surface area (Å²) in [6, 6.07) is 10.7. The summed E-state index contributed by atoms with van der Waals surface area (Å²) in [6.07, 6.45) is 5.67. The molecule has 2 atom stereocenters. The molecule has 0 aliphatic heterocycles. The Labute approximate surface area is 131 Å². The minimum atomic E-state index is -1.12. The monoisotopic (exact) mass is 305 g/mol. The Morgan fingerprint density at radius 2 is 1.86 bits per heavy atom. The van der Waals surface area contributed by atoms with Gasteiger partial charge >= 0.3 is 0 Å². The summed E-state index contributed by atoms with van der Waals surface area (Å²) in [4.78, 5) is 0. The molecule has 1 rings (SSSR count). The van der Waals surface area contributed by atoms with Gasteiger partial charge in [-0.2, -0.15) is 0 Å². The van der Waals surface area contributed by atoms with E-state index in [-0.39, 0.29) is 12.6 Å². The molecule has 0 aliphatic carbocycles. The zero-order chi connectivity index (χ0) is 15.7. The molecule has 0 bridgehead atoms. The molecule has 21 heavy (non-hydrogen) atoms. The van der Waals surface area contributed by atoms with Gasteiger partial charge in [0.05, 0.1) is 20.7 Å². The molecule has 1 aromatic carbocycles. The second kappa shape index (κ2) is 9.18. The summed E-state index contributed by atoms with van der Waals surface area (Å²) < 4.78 is 0. The molecule has 2 nitrogen and oxygen atoms in total. The highest BCUT2D eigenvalue weighted by molar-refractivity contribution is 6.80. The highest BCUT2D eigenvalue weighted by atomic mass is 28.3. The zero-order valence-electron chi connectivity index (χ0n) is 14.0. The van der Waals surface area contributed by atoms with Crippen molar-refractivity contribution in [3.63, 3.8) is 0 Å². The van der Waals surface area contributed by atoms with Crippen LogP contribution in [0.1, 0.15) is 37.8 Å². The van der Waals surface area contributed by atoms with Gasteiger partial charge in [-0.15, -0.1) is 0 Å². The van der Waals surface area contributed by atoms with Crippen molar-refractivity contribution in [1.29, 1.82) is 0 Å². The fourth-order valence-electron chi connectivity index (χ4n) is 2.43. The van der Waals surface area contributed by atoms with Gasteiger partial charge in [0.25, 0.3) is 0 Å². The normalized spacial score (nSPS) is 15.3. The third kappa shape index (κ3) is 7.60. The Bertz CT molecular complexity index is 411. The van der Waals surface area contributed by atoms with Crippen LogP contribution in [-0.4, -0.2) is 25.8 Å². The van der Waals surface area contributed by atoms with Crippen molar-refractivity contribution in [2.24, 2.45) is 0 Å². The highest BCUT2D eigenvalue weighted by Crippen LogP contribution is 2.16. The Kier molecular flexibility index (Phi) is 7.94. The summed E-state index contributed by atoms with van der Waals surface area (Å²) in [7, 11) is -1.12. The highest BCUT2D eigenvalue weighted by Gasteiger charge is 2.15. The Morgan fingerprint density at radius 3 is 2.38 bits per heavy atom. The van der Waals surface area contributed by atoms with Crippen LogP contribution in [0.15, 0.2) is 42.1 Å². The van der Waals surface area contributed by atoms with Gasteiger partial charge in [0.15, 0.2) is 0 Å². The molecular formula is C18H31NOSi. The van der Waals surface area contributed by atoms with E-state index in [9.17, 15) is 5.11 Å². The second-order valence-corrected chi connectivity index (χ2v) is 11.9. The number of aliphatic hydroxyl groups is 1. The van der Waals surface area contributed by atoms with E-state index < -0.39 is 8.07 Å². The SMILES string of the molecule is CCC[C@@H](C/C=C/[Si](C)(C)C)N[C@@H](CO)c1ccccc1. The lowest BCUT2D eigenvalue weighted by Crippen LogP contribution is -2.34. The standard InChI is InChI=1S/C18H31NOSi/c1-5-10-17(13-9-14-21(2,3)4)19-18(15-20)16-11-7-6-8-12-16/h6-9,11-12,14,17-20H,5,10,13,15H2,1-4H3/b14-9+/t17-,18-/m0/s1. The number of hydrogen-bond donors (Lipinski definition) is 2. The lowest BCUT2D eigenvalue weighted by Gasteiger charge is -2.24. The van der Waals surface area contributed by atoms with Crippen molar-refractivity contribution in [2.75, 3.05) is 6.61 Å². The van der Waals surface area contributed by atoms with Crippen molar-refractivity contribution < 1.29 is 5.11 Å². The minimum absolute atomic E-state index is 0.0306. The van der Waals surface area contributed by atoms with E-state index in [4.69, 9.17) is 0 Å². The van der Waals surface area contributed by atoms with Crippen molar-refractivity contribution in [2.45, 2.75) is 57.9 Å². The third-order valence-electron chi connectivity index (χ3n) is 3.50. The van der Waals surface area contributed by atoms with E-state index in [2.05, 4.69) is 55.8 Å². The van der Waals surface area contributed by atoms with E-state index in [0.29, 0.717) is 6.04 Å². The van der Waals surface area contributed by atoms with Gasteiger partial charge < -0.3 is 10.4 Å². The van der Waals surface area contributed by atoms with Crippen LogP contribution in [-0.2, 0) is 0 Å². The van der Waals surface area contributed by atoms with Crippen LogP contribution >= 0.6 is 0 Å². The largest absolute Gasteiger partial charge is 0.394 e. The molecule has 2 N–H and O–H groups in total. The second-order valence-electron chi connectivity index (χ2n) is 6.80. The summed E-state index contributed by atoms with van der Waals surface area (Å²) in [5, 5.41) is 13.3. The summed E-state index contributed by atoms with van der Waals surface area (Å²) in [5.41, 5.74) is 3.57. The fourth-order valence-corrected chi connectivity index (χ4v) is 3.27. The average molecular weight is 306 g/mol. The lowest BCUT2D eigenvalue weighted by atomic mass is 10.0. The molecule has 3 heteroatoms. The number of nitrogens with one attached hydrogen (secondary N) is 1. The predicted molar refractivity (Wildman–Crippen MR) is 95.2 cm³/mol. The summed E-state index contributed by atoms with van der Waals surface area (Å²) in [6.45, 7) is 9.42. The molecule has 0 amide bonds. The Morgan fingerprint density at radius 1 is 1.19 bits per heavy atom. The molecule has 0 saturated heterocycles. The summed E-state index contributed by atoms with van der Waals surface area (Å²) in [5.74, 6) is 0. The number of benzene rings is 1. The molecule has 1 aromatic rings. The molecule has 0 fully saturated rings. The maximum atomic E-state index is 9.68. The van der Waals surface area contributed by atoms with E-state index >= 15 is 0 Å². The zero-order valence-corrected chi connectivity index (χ0v) is 15.0. The molecule has 0 saturated carbocycles. The Hall–Kier alpha value is -0.903. The maximum absolute atomic E-state index is 9.68. The van der Waals surface area contributed by atoms with Crippen LogP contribution in [0.4, 0.5) is 0 Å². The van der Waals surface area contributed by atoms with Crippen LogP contribution in [0.25, 0.3) is 0 Å². The van der Waals surface area contributed by atoms with E-state index in [1.54, 1.807) is 0 Å². The van der Waals surface area contributed by atoms with E-state index in [1.807, 2.05) is 18.2 Å². The van der Waals surface area contributed by atoms with Crippen LogP contribution in [0, 0.1) is 0 Å². The van der Waals surface area contributed by atoms with Gasteiger partial charge in [0.1, 0.15) is 0 Å². The van der Waals surface area contributed by atoms with Gasteiger partial charge in [0.2, 0.25) is 0 Å². The fraction of sp³-hybridized carbons (Fsp3) is 0.556. The van der Waals surface area contributed by atoms with Crippen molar-refractivity contribution in [3.8, 4) is 0 Å². The van der Waals surface area contributed by atoms with Crippen LogP contribution in [0.2, 0.25) is 19.6 Å². The smallest absolute Gasteiger partial charge is 0.0682 e. The first-order valence-electron chi connectivity index (χ1n) is 8.06. The number of hydrogen-bond acceptors (Lipinski definition) is 2. The molecular weight excluding hydrogens is 274 g/mol. The third-order valence-corrected chi connectivity index (χ3v) is 4.73. The van der Waals surface area contributed by atoms with Crippen LogP contribution in [0.3, 0.4) is 0 Å². The number of rotatable bonds is 9. The van der Waals surface area contributed by atoms with E-state index in [0.717, 1.165) is 24.8 Å². The molecule has 0 radical (unpaired) electrons. The lowest BCUT2D eigenvalue weighted by molar-refractivity contribution is 0.230. The topological polar surface area (TPSA) is 32.3 Å². The van der Waals surface area contributed by atoms with Gasteiger partial charge in [-0.05, 0) is 18.4 Å². The first kappa shape index (κ1) is 18.1. The van der Waals surface area contributed by atoms with Gasteiger partial charge in [-0.1, -0.05) is 75.1 Å². The molecule has 0 aromatic heterocycles. The molecule has 118 valence electrons. The molecule has 0 unspecified atom stereocenters. The van der Waals surface area contributed by atoms with Crippen LogP contribution < -0.4 is 5.32 Å². The van der Waals surface area contributed by atoms with Gasteiger partial charge in [0, 0.05) is 6.04 Å². The Balaban J connectivity index is 2.65. The van der Waals surface area contributed by atoms with E-state index in [1.165, 1.54) is 0 Å². The van der Waals surface area contributed by atoms with Crippen LogP contribution in [0.5, 0.6) is 0 Å². The van der Waals surface area contributed by atoms with Gasteiger partial charge in [-0.3, -0.25) is 0 Å².